The lowest BCUT2D eigenvalue weighted by Gasteiger charge is -2.10. The molecule has 29 heavy (non-hydrogen) atoms. The molecule has 152 valence electrons. The number of halogens is 1. The van der Waals surface area contributed by atoms with Crippen molar-refractivity contribution in [3.63, 3.8) is 0 Å². The van der Waals surface area contributed by atoms with Gasteiger partial charge < -0.3 is 15.4 Å². The molecule has 0 bridgehead atoms. The fourth-order valence-electron chi connectivity index (χ4n) is 3.19. The Balaban J connectivity index is 1.64. The van der Waals surface area contributed by atoms with Crippen molar-refractivity contribution in [1.29, 1.82) is 0 Å². The Labute approximate surface area is 173 Å². The van der Waals surface area contributed by atoms with E-state index < -0.39 is 0 Å². The Morgan fingerprint density at radius 3 is 2.86 bits per heavy atom. The van der Waals surface area contributed by atoms with Crippen molar-refractivity contribution < 1.29 is 9.53 Å². The van der Waals surface area contributed by atoms with Crippen LogP contribution in [0.25, 0.3) is 16.7 Å². The zero-order valence-electron chi connectivity index (χ0n) is 16.4. The number of amides is 1. The van der Waals surface area contributed by atoms with E-state index in [2.05, 4.69) is 25.7 Å². The Morgan fingerprint density at radius 1 is 1.31 bits per heavy atom. The number of fused-ring (bicyclic) bond motifs is 1. The molecule has 2 heterocycles. The fourth-order valence-corrected chi connectivity index (χ4v) is 3.38. The molecule has 0 spiro atoms. The molecule has 4 rings (SSSR count). The van der Waals surface area contributed by atoms with Crippen LogP contribution in [0.3, 0.4) is 0 Å². The first-order valence-corrected chi connectivity index (χ1v) is 9.97. The summed E-state index contributed by atoms with van der Waals surface area (Å²) in [6, 6.07) is 7.46. The van der Waals surface area contributed by atoms with E-state index in [1.54, 1.807) is 11.8 Å². The monoisotopic (exact) mass is 414 g/mol. The van der Waals surface area contributed by atoms with Gasteiger partial charge >= 0.3 is 0 Å². The minimum absolute atomic E-state index is 0.129. The van der Waals surface area contributed by atoms with E-state index in [-0.39, 0.29) is 18.4 Å². The van der Waals surface area contributed by atoms with Crippen molar-refractivity contribution in [1.82, 2.24) is 25.1 Å². The molecule has 1 aliphatic carbocycles. The van der Waals surface area contributed by atoms with Crippen molar-refractivity contribution in [2.24, 2.45) is 5.92 Å². The molecule has 1 aliphatic rings. The Morgan fingerprint density at radius 2 is 2.14 bits per heavy atom. The van der Waals surface area contributed by atoms with Gasteiger partial charge in [0.05, 0.1) is 16.8 Å². The third kappa shape index (κ3) is 4.33. The Kier molecular flexibility index (Phi) is 5.64. The van der Waals surface area contributed by atoms with Crippen LogP contribution >= 0.6 is 11.6 Å². The highest BCUT2D eigenvalue weighted by Gasteiger charge is 2.29. The third-order valence-electron chi connectivity index (χ3n) is 4.74. The number of anilines is 1. The van der Waals surface area contributed by atoms with E-state index in [0.29, 0.717) is 35.4 Å². The molecular weight excluding hydrogens is 392 g/mol. The summed E-state index contributed by atoms with van der Waals surface area (Å²) in [7, 11) is 1.60. The average molecular weight is 415 g/mol. The molecule has 8 nitrogen and oxygen atoms in total. The van der Waals surface area contributed by atoms with Crippen LogP contribution in [-0.2, 0) is 16.1 Å². The van der Waals surface area contributed by atoms with Gasteiger partial charge in [0, 0.05) is 31.1 Å². The third-order valence-corrected chi connectivity index (χ3v) is 4.97. The van der Waals surface area contributed by atoms with Gasteiger partial charge in [-0.15, -0.1) is 0 Å². The van der Waals surface area contributed by atoms with Crippen LogP contribution in [0, 0.1) is 12.8 Å². The first kappa shape index (κ1) is 19.6. The van der Waals surface area contributed by atoms with Crippen LogP contribution in [0.4, 0.5) is 5.82 Å². The summed E-state index contributed by atoms with van der Waals surface area (Å²) in [6.45, 7) is 3.28. The summed E-state index contributed by atoms with van der Waals surface area (Å²) in [5.74, 6) is 1.55. The van der Waals surface area contributed by atoms with Gasteiger partial charge in [-0.25, -0.2) is 14.6 Å². The molecule has 1 aromatic carbocycles. The number of nitrogens with zero attached hydrogens (tertiary/aromatic N) is 4. The molecule has 0 atom stereocenters. The number of methoxy groups -OCH3 is 1. The Hall–Kier alpha value is -2.71. The van der Waals surface area contributed by atoms with E-state index in [1.807, 2.05) is 31.2 Å². The van der Waals surface area contributed by atoms with E-state index >= 15 is 0 Å². The van der Waals surface area contributed by atoms with Crippen LogP contribution in [0.1, 0.15) is 24.4 Å². The highest BCUT2D eigenvalue weighted by Crippen LogP contribution is 2.29. The Bertz CT molecular complexity index is 1050. The van der Waals surface area contributed by atoms with Gasteiger partial charge in [0.2, 0.25) is 5.91 Å². The number of carbonyl (C=O) groups is 1. The predicted molar refractivity (Wildman–Crippen MR) is 111 cm³/mol. The standard InChI is InChI=1S/C20H23ClN6O2/c1-12-17-18(22-8-9-23-20(28)13-6-7-13)24-16(11-29-2)25-19(17)27(26-12)15-5-3-4-14(21)10-15/h3-5,10,13H,6-9,11H2,1-2H3,(H,23,28)(H,22,24,25). The molecule has 1 amide bonds. The first-order valence-electron chi connectivity index (χ1n) is 9.59. The van der Waals surface area contributed by atoms with Gasteiger partial charge in [0.1, 0.15) is 12.4 Å². The molecular formula is C20H23ClN6O2. The highest BCUT2D eigenvalue weighted by atomic mass is 35.5. The van der Waals surface area contributed by atoms with Crippen molar-refractivity contribution in [3.8, 4) is 5.69 Å². The second-order valence-electron chi connectivity index (χ2n) is 7.09. The summed E-state index contributed by atoms with van der Waals surface area (Å²) < 4.78 is 6.99. The van der Waals surface area contributed by atoms with Crippen molar-refractivity contribution in [3.05, 3.63) is 40.8 Å². The zero-order valence-corrected chi connectivity index (χ0v) is 17.2. The van der Waals surface area contributed by atoms with Crippen LogP contribution in [0.5, 0.6) is 0 Å². The quantitative estimate of drug-likeness (QED) is 0.550. The summed E-state index contributed by atoms with van der Waals surface area (Å²) in [4.78, 5) is 21.1. The minimum atomic E-state index is 0.129. The summed E-state index contributed by atoms with van der Waals surface area (Å²) in [5.41, 5.74) is 2.30. The lowest BCUT2D eigenvalue weighted by molar-refractivity contribution is -0.122. The van der Waals surface area contributed by atoms with Crippen LogP contribution < -0.4 is 10.6 Å². The maximum Gasteiger partial charge on any atom is 0.223 e. The lowest BCUT2D eigenvalue weighted by Crippen LogP contribution is -2.30. The van der Waals surface area contributed by atoms with Crippen LogP contribution in [0.2, 0.25) is 5.02 Å². The number of nitrogens with one attached hydrogen (secondary N) is 2. The van der Waals surface area contributed by atoms with Gasteiger partial charge in [0.25, 0.3) is 0 Å². The number of benzene rings is 1. The van der Waals surface area contributed by atoms with Gasteiger partial charge in [0.15, 0.2) is 11.5 Å². The van der Waals surface area contributed by atoms with E-state index in [4.69, 9.17) is 16.3 Å². The van der Waals surface area contributed by atoms with Crippen LogP contribution in [-0.4, -0.2) is 45.9 Å². The molecule has 0 aliphatic heterocycles. The maximum absolute atomic E-state index is 11.8. The topological polar surface area (TPSA) is 94.0 Å². The van der Waals surface area contributed by atoms with Gasteiger partial charge in [-0.1, -0.05) is 17.7 Å². The smallest absolute Gasteiger partial charge is 0.223 e. The number of aromatic nitrogens is 4. The molecule has 2 aromatic heterocycles. The van der Waals surface area contributed by atoms with Crippen molar-refractivity contribution >= 4 is 34.4 Å². The molecule has 0 saturated heterocycles. The average Bonchev–Trinajstić information content (AvgIpc) is 3.49. The molecule has 0 radical (unpaired) electrons. The largest absolute Gasteiger partial charge is 0.377 e. The molecule has 3 aromatic rings. The summed E-state index contributed by atoms with van der Waals surface area (Å²) >= 11 is 6.16. The molecule has 1 fully saturated rings. The van der Waals surface area contributed by atoms with Gasteiger partial charge in [-0.3, -0.25) is 4.79 Å². The van der Waals surface area contributed by atoms with Gasteiger partial charge in [-0.2, -0.15) is 5.10 Å². The summed E-state index contributed by atoms with van der Waals surface area (Å²) in [6.07, 6.45) is 1.99. The van der Waals surface area contributed by atoms with E-state index in [1.165, 1.54) is 0 Å². The molecule has 9 heteroatoms. The zero-order chi connectivity index (χ0) is 20.4. The number of hydrogen-bond donors (Lipinski definition) is 2. The first-order chi connectivity index (χ1) is 14.1. The molecule has 1 saturated carbocycles. The normalized spacial score (nSPS) is 13.6. The predicted octanol–water partition coefficient (Wildman–Crippen LogP) is 2.86. The fraction of sp³-hybridized carbons (Fsp3) is 0.400. The molecule has 2 N–H and O–H groups in total. The minimum Gasteiger partial charge on any atom is -0.377 e. The SMILES string of the molecule is COCc1nc(NCCNC(=O)C2CC2)c2c(C)nn(-c3cccc(Cl)c3)c2n1. The number of aryl methyl sites for hydroxylation is 1. The van der Waals surface area contributed by atoms with Crippen LogP contribution in [0.15, 0.2) is 24.3 Å². The van der Waals surface area contributed by atoms with Crippen molar-refractivity contribution in [2.45, 2.75) is 26.4 Å². The number of ether oxygens (including phenoxy) is 1. The second-order valence-corrected chi connectivity index (χ2v) is 7.53. The number of hydrogen-bond acceptors (Lipinski definition) is 6. The van der Waals surface area contributed by atoms with E-state index in [9.17, 15) is 4.79 Å². The van der Waals surface area contributed by atoms with E-state index in [0.717, 1.165) is 29.6 Å². The van der Waals surface area contributed by atoms with Gasteiger partial charge in [-0.05, 0) is 38.0 Å². The summed E-state index contributed by atoms with van der Waals surface area (Å²) in [5, 5.41) is 12.4. The number of rotatable bonds is 8. The number of carbonyl (C=O) groups excluding carboxylic acids is 1. The second kappa shape index (κ2) is 8.34. The lowest BCUT2D eigenvalue weighted by atomic mass is 10.3. The van der Waals surface area contributed by atoms with Crippen molar-refractivity contribution in [2.75, 3.05) is 25.5 Å². The molecule has 0 unspecified atom stereocenters. The maximum atomic E-state index is 11.8. The highest BCUT2D eigenvalue weighted by molar-refractivity contribution is 6.30.